The molecule has 0 radical (unpaired) electrons. The van der Waals surface area contributed by atoms with Crippen molar-refractivity contribution in [2.24, 2.45) is 0 Å². The molecule has 0 atom stereocenters. The minimum atomic E-state index is -2.34. The Labute approximate surface area is 90.8 Å². The van der Waals surface area contributed by atoms with Crippen LogP contribution in [0.3, 0.4) is 0 Å². The second kappa shape index (κ2) is 2.55. The molecule has 0 unspecified atom stereocenters. The zero-order valence-corrected chi connectivity index (χ0v) is 10.2. The van der Waals surface area contributed by atoms with Crippen molar-refractivity contribution in [2.45, 2.75) is 0 Å². The first-order valence-corrected chi connectivity index (χ1v) is 7.89. The summed E-state index contributed by atoms with van der Waals surface area (Å²) in [6.45, 7) is 9.66. The molecule has 0 saturated carbocycles. The Morgan fingerprint density at radius 3 is 1.13 bits per heavy atom. The molecule has 6 heteroatoms. The molecule has 1 spiro atoms. The van der Waals surface area contributed by atoms with Gasteiger partial charge in [0.25, 0.3) is 0 Å². The van der Waals surface area contributed by atoms with Crippen LogP contribution in [0.1, 0.15) is 0 Å². The van der Waals surface area contributed by atoms with Gasteiger partial charge in [0, 0.05) is 0 Å². The number of hydrogen-bond acceptors (Lipinski definition) is 5. The molecule has 0 aromatic heterocycles. The molecule has 0 amide bonds. The third-order valence-corrected chi connectivity index (χ3v) is 11.0. The molecule has 4 saturated heterocycles. The Hall–Kier alpha value is 0.230. The van der Waals surface area contributed by atoms with Gasteiger partial charge in [-0.15, -0.1) is 0 Å². The molecule has 4 aliphatic rings. The Balaban J connectivity index is 1.98. The summed E-state index contributed by atoms with van der Waals surface area (Å²) in [6.07, 6.45) is 0. The molecule has 86 valence electrons. The molecule has 0 N–H and O–H groups in total. The summed E-state index contributed by atoms with van der Waals surface area (Å²) in [6, 6.07) is 0. The van der Waals surface area contributed by atoms with E-state index < -0.39 is 7.43 Å². The fraction of sp³-hybridized carbons (Fsp3) is 1.00. The standard InChI is InChI=1S/C9H19N4OP/c1-14-15-10-2-3-11(15)6-7-13(15)9-8-12(15)5-4-10/h2-9H2,1H3. The van der Waals surface area contributed by atoms with Crippen LogP contribution < -0.4 is 0 Å². The van der Waals surface area contributed by atoms with Crippen LogP contribution in [0.25, 0.3) is 0 Å². The molecule has 0 aliphatic carbocycles. The number of rotatable bonds is 1. The van der Waals surface area contributed by atoms with Crippen LogP contribution in [0.5, 0.6) is 0 Å². The first kappa shape index (κ1) is 9.28. The summed E-state index contributed by atoms with van der Waals surface area (Å²) >= 11 is 0. The fourth-order valence-corrected chi connectivity index (χ4v) is 10.9. The molecular weight excluding hydrogens is 211 g/mol. The Morgan fingerprint density at radius 2 is 0.933 bits per heavy atom. The fourth-order valence-electron chi connectivity index (χ4n) is 4.31. The summed E-state index contributed by atoms with van der Waals surface area (Å²) in [4.78, 5) is 0. The van der Waals surface area contributed by atoms with Gasteiger partial charge in [0.15, 0.2) is 0 Å². The summed E-state index contributed by atoms with van der Waals surface area (Å²) in [7, 11) is -0.400. The van der Waals surface area contributed by atoms with Crippen molar-refractivity contribution in [3.05, 3.63) is 0 Å². The normalized spacial score (nSPS) is 41.5. The van der Waals surface area contributed by atoms with Crippen LogP contribution >= 0.6 is 7.43 Å². The van der Waals surface area contributed by atoms with Gasteiger partial charge in [-0.2, -0.15) is 0 Å². The van der Waals surface area contributed by atoms with E-state index in [4.69, 9.17) is 4.52 Å². The molecule has 0 aromatic carbocycles. The minimum absolute atomic E-state index is 1.21. The van der Waals surface area contributed by atoms with Crippen LogP contribution in [0.15, 0.2) is 0 Å². The first-order valence-electron chi connectivity index (χ1n) is 5.92. The summed E-state index contributed by atoms with van der Waals surface area (Å²) < 4.78 is 16.9. The van der Waals surface area contributed by atoms with E-state index in [1.54, 1.807) is 0 Å². The number of nitrogens with zero attached hydrogens (tertiary/aromatic N) is 4. The second-order valence-electron chi connectivity index (χ2n) is 4.86. The molecular formula is C9H19N4OP. The van der Waals surface area contributed by atoms with Gasteiger partial charge in [0.1, 0.15) is 0 Å². The number of hydrogen-bond donors (Lipinski definition) is 0. The summed E-state index contributed by atoms with van der Waals surface area (Å²) in [5.74, 6) is 0. The van der Waals surface area contributed by atoms with E-state index in [1.807, 2.05) is 7.11 Å². The zero-order valence-electron chi connectivity index (χ0n) is 9.30. The topological polar surface area (TPSA) is 22.2 Å². The van der Waals surface area contributed by atoms with Gasteiger partial charge < -0.3 is 0 Å². The van der Waals surface area contributed by atoms with Crippen molar-refractivity contribution >= 4 is 7.43 Å². The van der Waals surface area contributed by atoms with Crippen LogP contribution in [-0.2, 0) is 4.52 Å². The van der Waals surface area contributed by atoms with E-state index >= 15 is 0 Å². The van der Waals surface area contributed by atoms with Gasteiger partial charge in [-0.05, 0) is 0 Å². The molecule has 4 heterocycles. The third kappa shape index (κ3) is 0.673. The van der Waals surface area contributed by atoms with Gasteiger partial charge >= 0.3 is 90.1 Å². The summed E-state index contributed by atoms with van der Waals surface area (Å²) in [5.41, 5.74) is 0. The Kier molecular flexibility index (Phi) is 1.58. The van der Waals surface area contributed by atoms with Crippen LogP contribution in [-0.4, -0.2) is 78.1 Å². The van der Waals surface area contributed by atoms with Crippen molar-refractivity contribution in [3.8, 4) is 0 Å². The summed E-state index contributed by atoms with van der Waals surface area (Å²) in [5, 5.41) is 0. The predicted molar refractivity (Wildman–Crippen MR) is 60.2 cm³/mol. The zero-order chi connectivity index (χ0) is 10.1. The SMILES string of the molecule is COP123N4CCN1CCN2CCN3CC4. The van der Waals surface area contributed by atoms with Crippen LogP contribution in [0.2, 0.25) is 0 Å². The Bertz CT molecular complexity index is 250. The van der Waals surface area contributed by atoms with Gasteiger partial charge in [-0.25, -0.2) is 0 Å². The van der Waals surface area contributed by atoms with Crippen molar-refractivity contribution in [3.63, 3.8) is 0 Å². The Morgan fingerprint density at radius 1 is 0.667 bits per heavy atom. The molecule has 0 aromatic rings. The monoisotopic (exact) mass is 230 g/mol. The van der Waals surface area contributed by atoms with E-state index in [0.717, 1.165) is 0 Å². The van der Waals surface area contributed by atoms with Crippen molar-refractivity contribution in [1.82, 2.24) is 18.7 Å². The van der Waals surface area contributed by atoms with Crippen molar-refractivity contribution in [1.29, 1.82) is 0 Å². The first-order chi connectivity index (χ1) is 7.32. The van der Waals surface area contributed by atoms with Crippen LogP contribution in [0.4, 0.5) is 0 Å². The molecule has 4 rings (SSSR count). The molecule has 15 heavy (non-hydrogen) atoms. The van der Waals surface area contributed by atoms with E-state index in [9.17, 15) is 0 Å². The second-order valence-corrected chi connectivity index (χ2v) is 9.21. The predicted octanol–water partition coefficient (Wildman–Crippen LogP) is 0.0235. The van der Waals surface area contributed by atoms with Crippen molar-refractivity contribution < 1.29 is 4.52 Å². The molecule has 4 aliphatic heterocycles. The van der Waals surface area contributed by atoms with E-state index in [-0.39, 0.29) is 0 Å². The van der Waals surface area contributed by atoms with Crippen molar-refractivity contribution in [2.75, 3.05) is 59.5 Å². The van der Waals surface area contributed by atoms with E-state index in [2.05, 4.69) is 18.7 Å². The molecule has 4 fully saturated rings. The van der Waals surface area contributed by atoms with Gasteiger partial charge in [-0.1, -0.05) is 0 Å². The maximum absolute atomic E-state index is 6.26. The molecule has 0 bridgehead atoms. The van der Waals surface area contributed by atoms with Gasteiger partial charge in [0.05, 0.1) is 0 Å². The quantitative estimate of drug-likeness (QED) is 0.591. The van der Waals surface area contributed by atoms with E-state index in [1.165, 1.54) is 52.4 Å². The average Bonchev–Trinajstić information content (AvgIpc) is 2.83. The van der Waals surface area contributed by atoms with Gasteiger partial charge in [0.2, 0.25) is 0 Å². The van der Waals surface area contributed by atoms with E-state index in [0.29, 0.717) is 0 Å². The third-order valence-electron chi connectivity index (χ3n) is 4.77. The van der Waals surface area contributed by atoms with Crippen LogP contribution in [0, 0.1) is 0 Å². The average molecular weight is 230 g/mol. The molecule has 5 nitrogen and oxygen atoms in total. The van der Waals surface area contributed by atoms with Gasteiger partial charge in [-0.3, -0.25) is 0 Å². The maximum atomic E-state index is 6.26.